The van der Waals surface area contributed by atoms with Crippen LogP contribution in [0.25, 0.3) is 0 Å². The molecule has 1 atom stereocenters. The topological polar surface area (TPSA) is 0 Å². The van der Waals surface area contributed by atoms with Gasteiger partial charge in [-0.15, -0.1) is 9.24 Å². The molecule has 1 unspecified atom stereocenters. The van der Waals surface area contributed by atoms with Gasteiger partial charge in [-0.3, -0.25) is 0 Å². The van der Waals surface area contributed by atoms with Gasteiger partial charge in [0.1, 0.15) is 0 Å². The first-order valence-corrected chi connectivity index (χ1v) is 6.99. The Morgan fingerprint density at radius 1 is 0.765 bits per heavy atom. The lowest BCUT2D eigenvalue weighted by Crippen LogP contribution is -2.01. The molecule has 17 heavy (non-hydrogen) atoms. The van der Waals surface area contributed by atoms with Crippen molar-refractivity contribution in [2.45, 2.75) is 5.92 Å². The fourth-order valence-electron chi connectivity index (χ4n) is 1.85. The minimum absolute atomic E-state index is 0.370. The largest absolute Gasteiger partial charge is 0.137 e. The third-order valence-electron chi connectivity index (χ3n) is 2.78. The van der Waals surface area contributed by atoms with Gasteiger partial charge in [0, 0.05) is 16.0 Å². The summed E-state index contributed by atoms with van der Waals surface area (Å²) < 4.78 is 0. The van der Waals surface area contributed by atoms with E-state index in [0.717, 1.165) is 16.2 Å². The van der Waals surface area contributed by atoms with E-state index >= 15 is 0 Å². The van der Waals surface area contributed by atoms with Crippen LogP contribution in [0.3, 0.4) is 0 Å². The first kappa shape index (κ1) is 12.9. The Kier molecular flexibility index (Phi) is 4.45. The number of hydrogen-bond donors (Lipinski definition) is 0. The summed E-state index contributed by atoms with van der Waals surface area (Å²) in [4.78, 5) is 0. The molecule has 0 radical (unpaired) electrons. The van der Waals surface area contributed by atoms with Crippen LogP contribution in [0.2, 0.25) is 10.0 Å². The van der Waals surface area contributed by atoms with Gasteiger partial charge in [0.05, 0.1) is 0 Å². The summed E-state index contributed by atoms with van der Waals surface area (Å²) in [7, 11) is 2.80. The molecule has 0 heterocycles. The molecule has 0 saturated heterocycles. The van der Waals surface area contributed by atoms with Crippen molar-refractivity contribution >= 4 is 32.4 Å². The van der Waals surface area contributed by atoms with Gasteiger partial charge in [-0.05, 0) is 41.6 Å². The van der Waals surface area contributed by atoms with Crippen LogP contribution in [0, 0.1) is 0 Å². The van der Waals surface area contributed by atoms with E-state index < -0.39 is 0 Å². The fraction of sp³-hybridized carbons (Fsp3) is 0.143. The van der Waals surface area contributed by atoms with Gasteiger partial charge in [0.15, 0.2) is 0 Å². The monoisotopic (exact) mass is 282 g/mol. The van der Waals surface area contributed by atoms with Gasteiger partial charge in [-0.1, -0.05) is 47.5 Å². The Morgan fingerprint density at radius 3 is 1.41 bits per heavy atom. The lowest BCUT2D eigenvalue weighted by molar-refractivity contribution is 0.937. The van der Waals surface area contributed by atoms with Crippen LogP contribution in [-0.4, -0.2) is 6.16 Å². The minimum atomic E-state index is 0.370. The number of benzene rings is 2. The molecule has 0 aliphatic rings. The Bertz CT molecular complexity index is 431. The lowest BCUT2D eigenvalue weighted by atomic mass is 9.93. The quantitative estimate of drug-likeness (QED) is 0.695. The maximum absolute atomic E-state index is 5.90. The van der Waals surface area contributed by atoms with E-state index in [2.05, 4.69) is 33.5 Å². The second-order valence-corrected chi connectivity index (χ2v) is 5.24. The highest BCUT2D eigenvalue weighted by Gasteiger charge is 2.11. The van der Waals surface area contributed by atoms with Crippen molar-refractivity contribution in [1.82, 2.24) is 0 Å². The fourth-order valence-corrected chi connectivity index (χ4v) is 2.65. The van der Waals surface area contributed by atoms with E-state index in [0.29, 0.717) is 5.92 Å². The highest BCUT2D eigenvalue weighted by molar-refractivity contribution is 7.16. The molecular formula is C14H13Cl2P. The van der Waals surface area contributed by atoms with Crippen molar-refractivity contribution in [3.05, 3.63) is 69.7 Å². The molecule has 0 fully saturated rings. The molecule has 0 bridgehead atoms. The molecule has 88 valence electrons. The SMILES string of the molecule is PCC(c1ccc(Cl)cc1)c1ccc(Cl)cc1. The van der Waals surface area contributed by atoms with Crippen molar-refractivity contribution in [3.63, 3.8) is 0 Å². The zero-order valence-electron chi connectivity index (χ0n) is 9.24. The van der Waals surface area contributed by atoms with Crippen molar-refractivity contribution in [2.24, 2.45) is 0 Å². The minimum Gasteiger partial charge on any atom is -0.137 e. The molecule has 0 nitrogen and oxygen atoms in total. The maximum Gasteiger partial charge on any atom is 0.0406 e. The summed E-state index contributed by atoms with van der Waals surface area (Å²) in [6.07, 6.45) is 0.975. The summed E-state index contributed by atoms with van der Waals surface area (Å²) in [5.74, 6) is 0.370. The molecular weight excluding hydrogens is 270 g/mol. The van der Waals surface area contributed by atoms with Crippen LogP contribution in [0.5, 0.6) is 0 Å². The lowest BCUT2D eigenvalue weighted by Gasteiger charge is -2.16. The van der Waals surface area contributed by atoms with Crippen LogP contribution in [0.1, 0.15) is 17.0 Å². The predicted molar refractivity (Wildman–Crippen MR) is 79.3 cm³/mol. The molecule has 3 heteroatoms. The first-order valence-electron chi connectivity index (χ1n) is 5.41. The van der Waals surface area contributed by atoms with Crippen molar-refractivity contribution in [2.75, 3.05) is 6.16 Å². The Labute approximate surface area is 114 Å². The number of halogens is 2. The summed E-state index contributed by atoms with van der Waals surface area (Å²) in [5.41, 5.74) is 2.54. The van der Waals surface area contributed by atoms with E-state index in [1.54, 1.807) is 0 Å². The Hall–Kier alpha value is -0.550. The van der Waals surface area contributed by atoms with Crippen molar-refractivity contribution in [1.29, 1.82) is 0 Å². The zero-order valence-corrected chi connectivity index (χ0v) is 11.9. The number of rotatable bonds is 3. The number of hydrogen-bond acceptors (Lipinski definition) is 0. The van der Waals surface area contributed by atoms with Crippen molar-refractivity contribution in [3.8, 4) is 0 Å². The van der Waals surface area contributed by atoms with Crippen LogP contribution < -0.4 is 0 Å². The van der Waals surface area contributed by atoms with Gasteiger partial charge < -0.3 is 0 Å². The zero-order chi connectivity index (χ0) is 12.3. The molecule has 0 aromatic heterocycles. The second-order valence-electron chi connectivity index (χ2n) is 3.89. The average molecular weight is 283 g/mol. The highest BCUT2D eigenvalue weighted by Crippen LogP contribution is 2.28. The molecule has 2 aromatic rings. The first-order chi connectivity index (χ1) is 8.20. The third kappa shape index (κ3) is 3.22. The molecule has 0 amide bonds. The maximum atomic E-state index is 5.90. The van der Waals surface area contributed by atoms with Crippen LogP contribution in [-0.2, 0) is 0 Å². The summed E-state index contributed by atoms with van der Waals surface area (Å²) in [6.45, 7) is 0. The Morgan fingerprint density at radius 2 is 1.12 bits per heavy atom. The van der Waals surface area contributed by atoms with E-state index in [1.807, 2.05) is 24.3 Å². The van der Waals surface area contributed by atoms with Gasteiger partial charge in [0.25, 0.3) is 0 Å². The molecule has 0 saturated carbocycles. The summed E-state index contributed by atoms with van der Waals surface area (Å²) >= 11 is 11.8. The molecule has 0 aliphatic carbocycles. The van der Waals surface area contributed by atoms with Gasteiger partial charge in [-0.2, -0.15) is 0 Å². The molecule has 2 aromatic carbocycles. The summed E-state index contributed by atoms with van der Waals surface area (Å²) in [5, 5.41) is 1.54. The van der Waals surface area contributed by atoms with E-state index in [9.17, 15) is 0 Å². The van der Waals surface area contributed by atoms with Crippen LogP contribution in [0.4, 0.5) is 0 Å². The van der Waals surface area contributed by atoms with E-state index in [-0.39, 0.29) is 0 Å². The predicted octanol–water partition coefficient (Wildman–Crippen LogP) is 5.00. The average Bonchev–Trinajstić information content (AvgIpc) is 2.35. The van der Waals surface area contributed by atoms with Gasteiger partial charge in [-0.25, -0.2) is 0 Å². The standard InChI is InChI=1S/C14H13Cl2P/c15-12-5-1-10(2-6-12)14(9-17)11-3-7-13(16)8-4-11/h1-8,14H,9,17H2. The molecule has 2 rings (SSSR count). The summed E-state index contributed by atoms with van der Waals surface area (Å²) in [6, 6.07) is 16.0. The molecule has 0 spiro atoms. The van der Waals surface area contributed by atoms with Gasteiger partial charge >= 0.3 is 0 Å². The Balaban J connectivity index is 2.33. The third-order valence-corrected chi connectivity index (χ3v) is 3.76. The van der Waals surface area contributed by atoms with Crippen LogP contribution >= 0.6 is 32.4 Å². The van der Waals surface area contributed by atoms with Gasteiger partial charge in [0.2, 0.25) is 0 Å². The normalized spacial score (nSPS) is 10.8. The molecule has 0 N–H and O–H groups in total. The second kappa shape index (κ2) is 5.87. The molecule has 0 aliphatic heterocycles. The van der Waals surface area contributed by atoms with E-state index in [4.69, 9.17) is 23.2 Å². The smallest absolute Gasteiger partial charge is 0.0406 e. The van der Waals surface area contributed by atoms with Crippen LogP contribution in [0.15, 0.2) is 48.5 Å². The highest BCUT2D eigenvalue weighted by atomic mass is 35.5. The van der Waals surface area contributed by atoms with E-state index in [1.165, 1.54) is 11.1 Å². The van der Waals surface area contributed by atoms with Crippen molar-refractivity contribution < 1.29 is 0 Å².